The average molecular weight is 206 g/mol. The average Bonchev–Trinajstić information content (AvgIpc) is 2.19. The van der Waals surface area contributed by atoms with Crippen molar-refractivity contribution in [3.63, 3.8) is 0 Å². The zero-order valence-corrected chi connectivity index (χ0v) is 9.13. The van der Waals surface area contributed by atoms with E-state index in [0.29, 0.717) is 0 Å². The van der Waals surface area contributed by atoms with Gasteiger partial charge in [-0.1, -0.05) is 35.9 Å². The molecule has 1 aromatic rings. The predicted octanol–water partition coefficient (Wildman–Crippen LogP) is 3.14. The van der Waals surface area contributed by atoms with Crippen LogP contribution in [0.2, 0.25) is 0 Å². The Bertz CT molecular complexity index is 342. The summed E-state index contributed by atoms with van der Waals surface area (Å²) in [5.74, 6) is 0.832. The topological polar surface area (TPSA) is 17.1 Å². The van der Waals surface area contributed by atoms with Crippen LogP contribution in [0.1, 0.15) is 27.9 Å². The third-order valence-electron chi connectivity index (χ3n) is 1.96. The van der Waals surface area contributed by atoms with Crippen LogP contribution in [-0.4, -0.2) is 12.0 Å². The molecule has 0 spiro atoms. The molecule has 0 aliphatic heterocycles. The molecule has 1 nitrogen and oxygen atoms in total. The first-order valence-electron chi connectivity index (χ1n) is 4.61. The molecule has 0 saturated heterocycles. The lowest BCUT2D eigenvalue weighted by Crippen LogP contribution is -1.86. The molecule has 0 radical (unpaired) electrons. The minimum absolute atomic E-state index is 0.742. The van der Waals surface area contributed by atoms with E-state index in [2.05, 4.69) is 12.6 Å². The van der Waals surface area contributed by atoms with E-state index in [1.165, 1.54) is 5.56 Å². The first kappa shape index (κ1) is 11.1. The Balaban J connectivity index is 2.92. The molecule has 0 aliphatic rings. The van der Waals surface area contributed by atoms with Gasteiger partial charge in [0.2, 0.25) is 0 Å². The van der Waals surface area contributed by atoms with E-state index in [9.17, 15) is 4.79 Å². The number of benzene rings is 1. The molecule has 0 saturated carbocycles. The molecule has 1 aromatic carbocycles. The Hall–Kier alpha value is -1.02. The molecular weight excluding hydrogens is 192 g/mol. The van der Waals surface area contributed by atoms with E-state index >= 15 is 0 Å². The Morgan fingerprint density at radius 3 is 2.79 bits per heavy atom. The summed E-state index contributed by atoms with van der Waals surface area (Å²) in [6.07, 6.45) is 5.83. The lowest BCUT2D eigenvalue weighted by molar-refractivity contribution is 0.112. The molecule has 0 atom stereocenters. The van der Waals surface area contributed by atoms with Gasteiger partial charge in [-0.05, 0) is 24.7 Å². The van der Waals surface area contributed by atoms with Gasteiger partial charge in [-0.2, -0.15) is 12.6 Å². The SMILES string of the molecule is Cc1ccc(C=O)c(C=CCCS)c1. The zero-order chi connectivity index (χ0) is 10.4. The van der Waals surface area contributed by atoms with E-state index in [1.807, 2.05) is 37.3 Å². The molecule has 0 aromatic heterocycles. The second-order valence-corrected chi connectivity index (χ2v) is 3.61. The van der Waals surface area contributed by atoms with Crippen LogP contribution in [0.5, 0.6) is 0 Å². The smallest absolute Gasteiger partial charge is 0.150 e. The maximum Gasteiger partial charge on any atom is 0.150 e. The molecule has 0 unspecified atom stereocenters. The zero-order valence-electron chi connectivity index (χ0n) is 8.23. The first-order chi connectivity index (χ1) is 6.77. The molecule has 0 fully saturated rings. The van der Waals surface area contributed by atoms with Crippen molar-refractivity contribution in [2.45, 2.75) is 13.3 Å². The van der Waals surface area contributed by atoms with Gasteiger partial charge in [-0.3, -0.25) is 4.79 Å². The highest BCUT2D eigenvalue weighted by molar-refractivity contribution is 7.80. The number of thiol groups is 1. The summed E-state index contributed by atoms with van der Waals surface area (Å²) >= 11 is 4.12. The van der Waals surface area contributed by atoms with Gasteiger partial charge in [0.05, 0.1) is 0 Å². The number of carbonyl (C=O) groups is 1. The number of rotatable bonds is 4. The summed E-state index contributed by atoms with van der Waals surface area (Å²) in [5.41, 5.74) is 2.90. The van der Waals surface area contributed by atoms with Crippen LogP contribution >= 0.6 is 12.6 Å². The summed E-state index contributed by atoms with van der Waals surface area (Å²) in [5, 5.41) is 0. The van der Waals surface area contributed by atoms with Crippen molar-refractivity contribution in [3.05, 3.63) is 41.0 Å². The van der Waals surface area contributed by atoms with Crippen LogP contribution in [0.3, 0.4) is 0 Å². The van der Waals surface area contributed by atoms with E-state index in [4.69, 9.17) is 0 Å². The van der Waals surface area contributed by atoms with E-state index in [1.54, 1.807) is 0 Å². The highest BCUT2D eigenvalue weighted by Crippen LogP contribution is 2.12. The largest absolute Gasteiger partial charge is 0.298 e. The summed E-state index contributed by atoms with van der Waals surface area (Å²) in [6, 6.07) is 5.81. The third kappa shape index (κ3) is 3.04. The van der Waals surface area contributed by atoms with Gasteiger partial charge in [0.15, 0.2) is 6.29 Å². The summed E-state index contributed by atoms with van der Waals surface area (Å²) < 4.78 is 0. The normalized spacial score (nSPS) is 10.7. The fourth-order valence-corrected chi connectivity index (χ4v) is 1.38. The number of allylic oxidation sites excluding steroid dienone is 1. The van der Waals surface area contributed by atoms with Crippen molar-refractivity contribution in [1.29, 1.82) is 0 Å². The van der Waals surface area contributed by atoms with Gasteiger partial charge in [0, 0.05) is 5.56 Å². The summed E-state index contributed by atoms with van der Waals surface area (Å²) in [4.78, 5) is 10.7. The van der Waals surface area contributed by atoms with Crippen molar-refractivity contribution in [1.82, 2.24) is 0 Å². The Labute approximate surface area is 90.2 Å². The van der Waals surface area contributed by atoms with Gasteiger partial charge < -0.3 is 0 Å². The van der Waals surface area contributed by atoms with Crippen molar-refractivity contribution in [3.8, 4) is 0 Å². The first-order valence-corrected chi connectivity index (χ1v) is 5.24. The van der Waals surface area contributed by atoms with Crippen molar-refractivity contribution in [2.75, 3.05) is 5.75 Å². The van der Waals surface area contributed by atoms with Crippen LogP contribution in [0, 0.1) is 6.92 Å². The minimum Gasteiger partial charge on any atom is -0.298 e. The molecule has 2 heteroatoms. The molecule has 0 N–H and O–H groups in total. The maximum absolute atomic E-state index is 10.7. The lowest BCUT2D eigenvalue weighted by atomic mass is 10.0. The van der Waals surface area contributed by atoms with Crippen LogP contribution in [0.15, 0.2) is 24.3 Å². The second kappa shape index (κ2) is 5.66. The molecular formula is C12H14OS. The van der Waals surface area contributed by atoms with Crippen LogP contribution in [0.25, 0.3) is 6.08 Å². The number of carbonyl (C=O) groups excluding carboxylic acids is 1. The van der Waals surface area contributed by atoms with Gasteiger partial charge in [0.1, 0.15) is 0 Å². The highest BCUT2D eigenvalue weighted by atomic mass is 32.1. The Morgan fingerprint density at radius 1 is 1.36 bits per heavy atom. The minimum atomic E-state index is 0.742. The molecule has 1 rings (SSSR count). The van der Waals surface area contributed by atoms with Crippen molar-refractivity contribution < 1.29 is 4.79 Å². The van der Waals surface area contributed by atoms with Crippen molar-refractivity contribution >= 4 is 25.0 Å². The molecule has 74 valence electrons. The van der Waals surface area contributed by atoms with Gasteiger partial charge in [-0.15, -0.1) is 0 Å². The maximum atomic E-state index is 10.7. The fraction of sp³-hybridized carbons (Fsp3) is 0.250. The lowest BCUT2D eigenvalue weighted by Gasteiger charge is -2.00. The van der Waals surface area contributed by atoms with Crippen molar-refractivity contribution in [2.24, 2.45) is 0 Å². The monoisotopic (exact) mass is 206 g/mol. The highest BCUT2D eigenvalue weighted by Gasteiger charge is 1.97. The molecule has 0 amide bonds. The van der Waals surface area contributed by atoms with Crippen LogP contribution < -0.4 is 0 Å². The predicted molar refractivity (Wildman–Crippen MR) is 64.1 cm³/mol. The Morgan fingerprint density at radius 2 is 2.14 bits per heavy atom. The van der Waals surface area contributed by atoms with Gasteiger partial charge in [-0.25, -0.2) is 0 Å². The molecule has 0 bridgehead atoms. The van der Waals surface area contributed by atoms with Gasteiger partial charge in [0.25, 0.3) is 0 Å². The van der Waals surface area contributed by atoms with Crippen LogP contribution in [0.4, 0.5) is 0 Å². The number of aldehydes is 1. The fourth-order valence-electron chi connectivity index (χ4n) is 1.23. The summed E-state index contributed by atoms with van der Waals surface area (Å²) in [6.45, 7) is 2.02. The summed E-state index contributed by atoms with van der Waals surface area (Å²) in [7, 11) is 0. The standard InChI is InChI=1S/C12H14OS/c1-10-5-6-12(9-13)11(8-10)4-2-3-7-14/h2,4-6,8-9,14H,3,7H2,1H3. The molecule has 0 aliphatic carbocycles. The number of hydrogen-bond donors (Lipinski definition) is 1. The number of hydrogen-bond acceptors (Lipinski definition) is 2. The number of aryl methyl sites for hydroxylation is 1. The second-order valence-electron chi connectivity index (χ2n) is 3.16. The van der Waals surface area contributed by atoms with E-state index in [-0.39, 0.29) is 0 Å². The van der Waals surface area contributed by atoms with E-state index in [0.717, 1.165) is 29.6 Å². The van der Waals surface area contributed by atoms with Crippen LogP contribution in [-0.2, 0) is 0 Å². The third-order valence-corrected chi connectivity index (χ3v) is 2.22. The van der Waals surface area contributed by atoms with E-state index < -0.39 is 0 Å². The molecule has 14 heavy (non-hydrogen) atoms. The molecule has 0 heterocycles. The Kier molecular flexibility index (Phi) is 4.47. The quantitative estimate of drug-likeness (QED) is 0.591. The van der Waals surface area contributed by atoms with Gasteiger partial charge >= 0.3 is 0 Å².